The van der Waals surface area contributed by atoms with E-state index in [9.17, 15) is 0 Å². The second-order valence-corrected chi connectivity index (χ2v) is 6.74. The fourth-order valence-corrected chi connectivity index (χ4v) is 3.32. The first-order valence-corrected chi connectivity index (χ1v) is 9.60. The molecule has 0 radical (unpaired) electrons. The summed E-state index contributed by atoms with van der Waals surface area (Å²) in [6.07, 6.45) is 5.82. The summed E-state index contributed by atoms with van der Waals surface area (Å²) in [4.78, 5) is 10.9. The molecule has 0 spiro atoms. The van der Waals surface area contributed by atoms with Crippen molar-refractivity contribution in [2.24, 2.45) is 4.99 Å². The Kier molecular flexibility index (Phi) is 7.47. The van der Waals surface area contributed by atoms with Gasteiger partial charge < -0.3 is 15.4 Å². The van der Waals surface area contributed by atoms with Gasteiger partial charge in [0.25, 0.3) is 0 Å². The van der Waals surface area contributed by atoms with Gasteiger partial charge in [0.2, 0.25) is 0 Å². The first kappa shape index (κ1) is 19.2. The van der Waals surface area contributed by atoms with Crippen molar-refractivity contribution in [1.82, 2.24) is 20.5 Å². The van der Waals surface area contributed by atoms with Crippen LogP contribution < -0.4 is 15.4 Å². The van der Waals surface area contributed by atoms with Crippen molar-refractivity contribution < 1.29 is 4.74 Å². The molecule has 3 rings (SSSR count). The smallest absolute Gasteiger partial charge is 0.191 e. The van der Waals surface area contributed by atoms with Crippen molar-refractivity contribution in [2.45, 2.75) is 25.4 Å². The van der Waals surface area contributed by atoms with E-state index in [1.807, 2.05) is 19.2 Å². The zero-order valence-corrected chi connectivity index (χ0v) is 16.0. The predicted molar refractivity (Wildman–Crippen MR) is 109 cm³/mol. The van der Waals surface area contributed by atoms with Crippen LogP contribution in [0.4, 0.5) is 0 Å². The summed E-state index contributed by atoms with van der Waals surface area (Å²) in [6.45, 7) is 4.44. The molecule has 6 heteroatoms. The second-order valence-electron chi connectivity index (χ2n) is 6.74. The number of nitrogens with one attached hydrogen (secondary N) is 2. The van der Waals surface area contributed by atoms with Crippen LogP contribution in [0.15, 0.2) is 59.9 Å². The first-order valence-electron chi connectivity index (χ1n) is 9.60. The van der Waals surface area contributed by atoms with E-state index in [1.165, 1.54) is 12.0 Å². The lowest BCUT2D eigenvalue weighted by atomic mass is 10.0. The van der Waals surface area contributed by atoms with E-state index in [4.69, 9.17) is 4.74 Å². The highest BCUT2D eigenvalue weighted by molar-refractivity contribution is 5.79. The molecule has 1 fully saturated rings. The molecule has 1 aliphatic heterocycles. The van der Waals surface area contributed by atoms with Gasteiger partial charge in [0.05, 0.1) is 12.7 Å². The molecule has 1 aliphatic rings. The summed E-state index contributed by atoms with van der Waals surface area (Å²) < 4.78 is 5.66. The van der Waals surface area contributed by atoms with E-state index in [0.29, 0.717) is 19.2 Å². The second kappa shape index (κ2) is 10.5. The minimum atomic E-state index is 0.410. The number of guanidine groups is 1. The van der Waals surface area contributed by atoms with Crippen LogP contribution in [-0.2, 0) is 6.54 Å². The average Bonchev–Trinajstić information content (AvgIpc) is 2.72. The van der Waals surface area contributed by atoms with Gasteiger partial charge in [-0.25, -0.2) is 0 Å². The molecule has 1 saturated heterocycles. The molecule has 1 aromatic heterocycles. The van der Waals surface area contributed by atoms with Gasteiger partial charge in [-0.15, -0.1) is 0 Å². The van der Waals surface area contributed by atoms with Crippen LogP contribution >= 0.6 is 0 Å². The van der Waals surface area contributed by atoms with Crippen LogP contribution in [0.3, 0.4) is 0 Å². The fourth-order valence-electron chi connectivity index (χ4n) is 3.32. The van der Waals surface area contributed by atoms with Crippen molar-refractivity contribution in [2.75, 3.05) is 33.3 Å². The van der Waals surface area contributed by atoms with E-state index >= 15 is 0 Å². The number of ether oxygens (including phenoxy) is 1. The number of pyridine rings is 1. The van der Waals surface area contributed by atoms with E-state index in [0.717, 1.165) is 37.8 Å². The molecule has 0 bridgehead atoms. The summed E-state index contributed by atoms with van der Waals surface area (Å²) >= 11 is 0. The summed E-state index contributed by atoms with van der Waals surface area (Å²) in [5.41, 5.74) is 1.37. The third-order valence-electron chi connectivity index (χ3n) is 4.62. The SMILES string of the molecule is CN=C(NCCOc1cccnc1)NC1CCCN(Cc2ccccc2)C1. The molecule has 0 saturated carbocycles. The molecular weight excluding hydrogens is 338 g/mol. The van der Waals surface area contributed by atoms with Gasteiger partial charge in [-0.3, -0.25) is 14.9 Å². The number of benzene rings is 1. The number of aliphatic imine (C=N–C) groups is 1. The molecule has 2 N–H and O–H groups in total. The minimum absolute atomic E-state index is 0.410. The number of hydrogen-bond acceptors (Lipinski definition) is 4. The Labute approximate surface area is 161 Å². The van der Waals surface area contributed by atoms with E-state index in [1.54, 1.807) is 12.4 Å². The third-order valence-corrected chi connectivity index (χ3v) is 4.62. The highest BCUT2D eigenvalue weighted by atomic mass is 16.5. The standard InChI is InChI=1S/C21H29N5O/c1-22-21(24-12-14-27-20-10-5-11-23-15-20)25-19-9-6-13-26(17-19)16-18-7-3-2-4-8-18/h2-5,7-8,10-11,15,19H,6,9,12-14,16-17H2,1H3,(H2,22,24,25). The fraction of sp³-hybridized carbons (Fsp3) is 0.429. The number of aromatic nitrogens is 1. The third kappa shape index (κ3) is 6.57. The van der Waals surface area contributed by atoms with Crippen LogP contribution in [0.5, 0.6) is 5.75 Å². The summed E-state index contributed by atoms with van der Waals surface area (Å²) in [5, 5.41) is 6.88. The minimum Gasteiger partial charge on any atom is -0.490 e. The Morgan fingerprint density at radius 1 is 1.26 bits per heavy atom. The molecule has 1 aromatic carbocycles. The van der Waals surface area contributed by atoms with Crippen molar-refractivity contribution in [3.8, 4) is 5.75 Å². The van der Waals surface area contributed by atoms with E-state index in [2.05, 4.69) is 55.8 Å². The maximum Gasteiger partial charge on any atom is 0.191 e. The largest absolute Gasteiger partial charge is 0.490 e. The number of hydrogen-bond donors (Lipinski definition) is 2. The Balaban J connectivity index is 1.39. The van der Waals surface area contributed by atoms with Crippen LogP contribution in [0.25, 0.3) is 0 Å². The van der Waals surface area contributed by atoms with Gasteiger partial charge in [0.15, 0.2) is 5.96 Å². The molecule has 1 atom stereocenters. The first-order chi connectivity index (χ1) is 13.3. The van der Waals surface area contributed by atoms with Gasteiger partial charge in [-0.1, -0.05) is 30.3 Å². The van der Waals surface area contributed by atoms with Gasteiger partial charge >= 0.3 is 0 Å². The van der Waals surface area contributed by atoms with Gasteiger partial charge in [0.1, 0.15) is 12.4 Å². The molecule has 0 aliphatic carbocycles. The molecule has 1 unspecified atom stereocenters. The Bertz CT molecular complexity index is 692. The normalized spacial score (nSPS) is 18.1. The Hall–Kier alpha value is -2.60. The number of piperidine rings is 1. The van der Waals surface area contributed by atoms with Crippen molar-refractivity contribution in [1.29, 1.82) is 0 Å². The van der Waals surface area contributed by atoms with Crippen molar-refractivity contribution in [3.63, 3.8) is 0 Å². The Morgan fingerprint density at radius 2 is 2.15 bits per heavy atom. The van der Waals surface area contributed by atoms with Crippen LogP contribution in [0.1, 0.15) is 18.4 Å². The molecule has 0 amide bonds. The van der Waals surface area contributed by atoms with Crippen LogP contribution in [0, 0.1) is 0 Å². The topological polar surface area (TPSA) is 61.8 Å². The zero-order chi connectivity index (χ0) is 18.7. The lowest BCUT2D eigenvalue weighted by Crippen LogP contribution is -2.51. The summed E-state index contributed by atoms with van der Waals surface area (Å²) in [7, 11) is 1.81. The zero-order valence-electron chi connectivity index (χ0n) is 16.0. The van der Waals surface area contributed by atoms with E-state index in [-0.39, 0.29) is 0 Å². The predicted octanol–water partition coefficient (Wildman–Crippen LogP) is 2.29. The van der Waals surface area contributed by atoms with Crippen molar-refractivity contribution in [3.05, 3.63) is 60.4 Å². The van der Waals surface area contributed by atoms with Crippen LogP contribution in [-0.4, -0.2) is 55.2 Å². The Morgan fingerprint density at radius 3 is 2.93 bits per heavy atom. The lowest BCUT2D eigenvalue weighted by molar-refractivity contribution is 0.192. The number of rotatable bonds is 7. The van der Waals surface area contributed by atoms with Crippen LogP contribution in [0.2, 0.25) is 0 Å². The number of nitrogens with zero attached hydrogens (tertiary/aromatic N) is 3. The maximum absolute atomic E-state index is 5.66. The van der Waals surface area contributed by atoms with E-state index < -0.39 is 0 Å². The van der Waals surface area contributed by atoms with Gasteiger partial charge in [-0.2, -0.15) is 0 Å². The average molecular weight is 367 g/mol. The maximum atomic E-state index is 5.66. The number of likely N-dealkylation sites (tertiary alicyclic amines) is 1. The van der Waals surface area contributed by atoms with Gasteiger partial charge in [-0.05, 0) is 37.1 Å². The molecule has 144 valence electrons. The molecule has 2 aromatic rings. The monoisotopic (exact) mass is 367 g/mol. The molecular formula is C21H29N5O. The molecule has 6 nitrogen and oxygen atoms in total. The molecule has 2 heterocycles. The van der Waals surface area contributed by atoms with Gasteiger partial charge in [0, 0.05) is 32.4 Å². The summed E-state index contributed by atoms with van der Waals surface area (Å²) in [6, 6.07) is 14.9. The quantitative estimate of drug-likeness (QED) is 0.447. The highest BCUT2D eigenvalue weighted by Crippen LogP contribution is 2.13. The highest BCUT2D eigenvalue weighted by Gasteiger charge is 2.20. The summed E-state index contributed by atoms with van der Waals surface area (Å²) in [5.74, 6) is 1.61. The lowest BCUT2D eigenvalue weighted by Gasteiger charge is -2.34. The van der Waals surface area contributed by atoms with Crippen molar-refractivity contribution >= 4 is 5.96 Å². The molecule has 27 heavy (non-hydrogen) atoms.